The summed E-state index contributed by atoms with van der Waals surface area (Å²) in [5.74, 6) is 5.66. The molecule has 2 rings (SSSR count). The second-order valence-electron chi connectivity index (χ2n) is 4.68. The van der Waals surface area contributed by atoms with Gasteiger partial charge in [-0.2, -0.15) is 0 Å². The molecule has 106 valence electrons. The van der Waals surface area contributed by atoms with Crippen LogP contribution in [-0.2, 0) is 6.42 Å². The molecule has 0 saturated heterocycles. The summed E-state index contributed by atoms with van der Waals surface area (Å²) < 4.78 is 0. The predicted molar refractivity (Wildman–Crippen MR) is 86.4 cm³/mol. The van der Waals surface area contributed by atoms with Gasteiger partial charge in [0, 0.05) is 15.1 Å². The predicted octanol–water partition coefficient (Wildman–Crippen LogP) is 4.70. The van der Waals surface area contributed by atoms with Crippen LogP contribution < -0.4 is 11.3 Å². The van der Waals surface area contributed by atoms with Gasteiger partial charge in [0.25, 0.3) is 0 Å². The fourth-order valence-corrected chi connectivity index (χ4v) is 2.82. The molecule has 0 fully saturated rings. The average Bonchev–Trinajstić information content (AvgIpc) is 2.41. The van der Waals surface area contributed by atoms with Crippen LogP contribution in [0.2, 0.25) is 15.1 Å². The van der Waals surface area contributed by atoms with Gasteiger partial charge in [0.05, 0.1) is 6.04 Å². The first-order chi connectivity index (χ1) is 9.51. The Morgan fingerprint density at radius 3 is 2.45 bits per heavy atom. The molecule has 20 heavy (non-hydrogen) atoms. The molecule has 2 nitrogen and oxygen atoms in total. The number of hydrogen-bond donors (Lipinski definition) is 2. The maximum Gasteiger partial charge on any atom is 0.0516 e. The molecule has 3 N–H and O–H groups in total. The highest BCUT2D eigenvalue weighted by molar-refractivity contribution is 6.33. The Morgan fingerprint density at radius 1 is 1.05 bits per heavy atom. The van der Waals surface area contributed by atoms with Crippen molar-refractivity contribution < 1.29 is 0 Å². The second-order valence-corrected chi connectivity index (χ2v) is 5.93. The van der Waals surface area contributed by atoms with Gasteiger partial charge in [-0.3, -0.25) is 11.3 Å². The third-order valence-electron chi connectivity index (χ3n) is 3.17. The van der Waals surface area contributed by atoms with Gasteiger partial charge < -0.3 is 0 Å². The van der Waals surface area contributed by atoms with Crippen molar-refractivity contribution in [1.29, 1.82) is 0 Å². The van der Waals surface area contributed by atoms with Crippen molar-refractivity contribution in [1.82, 2.24) is 5.43 Å². The van der Waals surface area contributed by atoms with Crippen LogP contribution in [0.3, 0.4) is 0 Å². The van der Waals surface area contributed by atoms with E-state index >= 15 is 0 Å². The number of aryl methyl sites for hydroxylation is 1. The van der Waals surface area contributed by atoms with E-state index in [4.69, 9.17) is 40.6 Å². The van der Waals surface area contributed by atoms with Gasteiger partial charge in [0.1, 0.15) is 0 Å². The van der Waals surface area contributed by atoms with Crippen molar-refractivity contribution in [3.63, 3.8) is 0 Å². The van der Waals surface area contributed by atoms with E-state index in [2.05, 4.69) is 5.43 Å². The minimum atomic E-state index is -0.151. The molecule has 0 spiro atoms. The van der Waals surface area contributed by atoms with Crippen LogP contribution in [0.4, 0.5) is 0 Å². The number of benzene rings is 2. The van der Waals surface area contributed by atoms with Crippen LogP contribution in [0.1, 0.15) is 22.7 Å². The van der Waals surface area contributed by atoms with Crippen LogP contribution in [0.5, 0.6) is 0 Å². The normalized spacial score (nSPS) is 12.4. The molecule has 0 aliphatic heterocycles. The summed E-state index contributed by atoms with van der Waals surface area (Å²) in [5.41, 5.74) is 5.77. The topological polar surface area (TPSA) is 38.0 Å². The Balaban J connectivity index is 2.31. The molecule has 0 saturated carbocycles. The van der Waals surface area contributed by atoms with Gasteiger partial charge in [-0.25, -0.2) is 0 Å². The van der Waals surface area contributed by atoms with Gasteiger partial charge >= 0.3 is 0 Å². The van der Waals surface area contributed by atoms with Gasteiger partial charge in [-0.15, -0.1) is 0 Å². The summed E-state index contributed by atoms with van der Waals surface area (Å²) in [6.07, 6.45) is 0.635. The maximum atomic E-state index is 6.26. The molecule has 0 aliphatic rings. The van der Waals surface area contributed by atoms with Crippen LogP contribution in [0.15, 0.2) is 36.4 Å². The third kappa shape index (κ3) is 3.66. The minimum Gasteiger partial charge on any atom is -0.271 e. The molecule has 0 aliphatic carbocycles. The molecule has 0 heterocycles. The standard InChI is InChI=1S/C15H15Cl3N2/c1-9-2-3-10(14(18)6-9)7-15(20-19)12-8-11(16)4-5-13(12)17/h2-6,8,15,20H,7,19H2,1H3. The zero-order valence-corrected chi connectivity index (χ0v) is 13.2. The lowest BCUT2D eigenvalue weighted by Gasteiger charge is -2.19. The molecule has 0 aromatic heterocycles. The number of hydrogen-bond acceptors (Lipinski definition) is 2. The van der Waals surface area contributed by atoms with Crippen LogP contribution >= 0.6 is 34.8 Å². The SMILES string of the molecule is Cc1ccc(CC(NN)c2cc(Cl)ccc2Cl)c(Cl)c1. The summed E-state index contributed by atoms with van der Waals surface area (Å²) in [6.45, 7) is 2.00. The summed E-state index contributed by atoms with van der Waals surface area (Å²) >= 11 is 18.5. The zero-order chi connectivity index (χ0) is 14.7. The molecule has 2 aromatic carbocycles. The molecule has 1 atom stereocenters. The van der Waals surface area contributed by atoms with Crippen LogP contribution in [0.25, 0.3) is 0 Å². The smallest absolute Gasteiger partial charge is 0.0516 e. The first-order valence-electron chi connectivity index (χ1n) is 6.17. The van der Waals surface area contributed by atoms with Crippen molar-refractivity contribution in [2.45, 2.75) is 19.4 Å². The van der Waals surface area contributed by atoms with Crippen LogP contribution in [-0.4, -0.2) is 0 Å². The van der Waals surface area contributed by atoms with Gasteiger partial charge in [0.15, 0.2) is 0 Å². The van der Waals surface area contributed by atoms with Crippen molar-refractivity contribution >= 4 is 34.8 Å². The second kappa shape index (κ2) is 6.79. The summed E-state index contributed by atoms with van der Waals surface area (Å²) in [7, 11) is 0. The highest BCUT2D eigenvalue weighted by Crippen LogP contribution is 2.30. The number of rotatable bonds is 4. The van der Waals surface area contributed by atoms with Crippen molar-refractivity contribution in [2.75, 3.05) is 0 Å². The van der Waals surface area contributed by atoms with E-state index in [9.17, 15) is 0 Å². The van der Waals surface area contributed by atoms with E-state index in [0.717, 1.165) is 21.7 Å². The fraction of sp³-hybridized carbons (Fsp3) is 0.200. The molecular formula is C15H15Cl3N2. The number of hydrazine groups is 1. The molecule has 5 heteroatoms. The van der Waals surface area contributed by atoms with E-state index in [1.54, 1.807) is 12.1 Å². The Labute approximate surface area is 133 Å². The average molecular weight is 330 g/mol. The first-order valence-corrected chi connectivity index (χ1v) is 7.30. The summed E-state index contributed by atoms with van der Waals surface area (Å²) in [4.78, 5) is 0. The molecule has 1 unspecified atom stereocenters. The lowest BCUT2D eigenvalue weighted by Crippen LogP contribution is -2.29. The summed E-state index contributed by atoms with van der Waals surface area (Å²) in [6, 6.07) is 11.1. The fourth-order valence-electron chi connectivity index (χ4n) is 2.08. The van der Waals surface area contributed by atoms with E-state index < -0.39 is 0 Å². The number of halogens is 3. The third-order valence-corrected chi connectivity index (χ3v) is 4.10. The lowest BCUT2D eigenvalue weighted by molar-refractivity contribution is 0.552. The highest BCUT2D eigenvalue weighted by Gasteiger charge is 2.16. The Morgan fingerprint density at radius 2 is 1.80 bits per heavy atom. The molecule has 0 radical (unpaired) electrons. The molecule has 0 bridgehead atoms. The van der Waals surface area contributed by atoms with Gasteiger partial charge in [0.2, 0.25) is 0 Å². The van der Waals surface area contributed by atoms with Gasteiger partial charge in [-0.05, 0) is 54.3 Å². The van der Waals surface area contributed by atoms with Crippen molar-refractivity contribution in [3.8, 4) is 0 Å². The van der Waals surface area contributed by atoms with E-state index in [1.807, 2.05) is 31.2 Å². The minimum absolute atomic E-state index is 0.151. The zero-order valence-electron chi connectivity index (χ0n) is 11.0. The van der Waals surface area contributed by atoms with E-state index in [-0.39, 0.29) is 6.04 Å². The summed E-state index contributed by atoms with van der Waals surface area (Å²) in [5, 5.41) is 1.98. The Kier molecular flexibility index (Phi) is 5.30. The van der Waals surface area contributed by atoms with Crippen molar-refractivity contribution in [3.05, 3.63) is 68.2 Å². The van der Waals surface area contributed by atoms with E-state index in [0.29, 0.717) is 16.5 Å². The lowest BCUT2D eigenvalue weighted by atomic mass is 9.98. The quantitative estimate of drug-likeness (QED) is 0.630. The monoisotopic (exact) mass is 328 g/mol. The Bertz CT molecular complexity index is 614. The van der Waals surface area contributed by atoms with Gasteiger partial charge in [-0.1, -0.05) is 46.9 Å². The van der Waals surface area contributed by atoms with Crippen LogP contribution in [0, 0.1) is 6.92 Å². The molecular weight excluding hydrogens is 315 g/mol. The highest BCUT2D eigenvalue weighted by atomic mass is 35.5. The Hall–Kier alpha value is -0.770. The number of nitrogens with one attached hydrogen (secondary N) is 1. The molecule has 0 amide bonds. The maximum absolute atomic E-state index is 6.26. The van der Waals surface area contributed by atoms with E-state index in [1.165, 1.54) is 0 Å². The first kappa shape index (κ1) is 15.6. The van der Waals surface area contributed by atoms with Crippen molar-refractivity contribution in [2.24, 2.45) is 5.84 Å². The largest absolute Gasteiger partial charge is 0.271 e. The number of nitrogens with two attached hydrogens (primary N) is 1. The molecule has 2 aromatic rings.